The van der Waals surface area contributed by atoms with Crippen molar-refractivity contribution in [2.45, 2.75) is 38.4 Å². The van der Waals surface area contributed by atoms with E-state index in [1.165, 1.54) is 33.4 Å². The van der Waals surface area contributed by atoms with Crippen LogP contribution >= 0.6 is 11.3 Å². The van der Waals surface area contributed by atoms with Gasteiger partial charge in [0, 0.05) is 37.7 Å². The molecule has 1 atom stereocenters. The van der Waals surface area contributed by atoms with Crippen molar-refractivity contribution >= 4 is 29.1 Å². The Kier molecular flexibility index (Phi) is 9.26. The highest BCUT2D eigenvalue weighted by molar-refractivity contribution is 7.09. The minimum absolute atomic E-state index is 0.255. The van der Waals surface area contributed by atoms with Crippen molar-refractivity contribution in [3.63, 3.8) is 0 Å². The first-order valence-electron chi connectivity index (χ1n) is 14.8. The molecule has 6 heteroatoms. The molecule has 2 heterocycles. The smallest absolute Gasteiger partial charge is 0.126 e. The Morgan fingerprint density at radius 1 is 0.881 bits per heavy atom. The summed E-state index contributed by atoms with van der Waals surface area (Å²) >= 11 is 1.59. The molecule has 2 aliphatic rings. The Morgan fingerprint density at radius 3 is 2.26 bits per heavy atom. The van der Waals surface area contributed by atoms with Crippen molar-refractivity contribution in [2.75, 3.05) is 33.4 Å². The second-order valence-corrected chi connectivity index (χ2v) is 12.0. The highest BCUT2D eigenvalue weighted by atomic mass is 32.1. The van der Waals surface area contributed by atoms with E-state index in [-0.39, 0.29) is 6.61 Å². The van der Waals surface area contributed by atoms with E-state index in [1.54, 1.807) is 18.4 Å². The fourth-order valence-corrected chi connectivity index (χ4v) is 6.80. The van der Waals surface area contributed by atoms with E-state index >= 15 is 0 Å². The van der Waals surface area contributed by atoms with Crippen molar-refractivity contribution in [2.24, 2.45) is 0 Å². The second kappa shape index (κ2) is 13.6. The average Bonchev–Trinajstić information content (AvgIpc) is 3.40. The number of hydrogen-bond acceptors (Lipinski definition) is 6. The number of aryl methyl sites for hydroxylation is 2. The van der Waals surface area contributed by atoms with Gasteiger partial charge in [-0.1, -0.05) is 72.3 Å². The number of piperidine rings is 1. The number of hydrogen-bond donors (Lipinski definition) is 1. The van der Waals surface area contributed by atoms with Gasteiger partial charge in [0.1, 0.15) is 23.5 Å². The molecular weight excluding hydrogens is 540 g/mol. The summed E-state index contributed by atoms with van der Waals surface area (Å²) in [5.41, 5.74) is 10.5. The molecule has 1 saturated heterocycles. The lowest BCUT2D eigenvalue weighted by Gasteiger charge is -2.32. The first-order valence-corrected chi connectivity index (χ1v) is 15.7. The molecule has 0 radical (unpaired) electrons. The molecule has 0 saturated carbocycles. The summed E-state index contributed by atoms with van der Waals surface area (Å²) in [6, 6.07) is 25.8. The number of rotatable bonds is 9. The molecule has 6 rings (SSSR count). The largest absolute Gasteiger partial charge is 0.490 e. The van der Waals surface area contributed by atoms with Gasteiger partial charge in [0.25, 0.3) is 0 Å². The lowest BCUT2D eigenvalue weighted by Crippen LogP contribution is -2.39. The molecule has 42 heavy (non-hydrogen) atoms. The number of nitrogens with zero attached hydrogens (tertiary/aromatic N) is 2. The van der Waals surface area contributed by atoms with Crippen LogP contribution in [0.3, 0.4) is 0 Å². The SMILES string of the molecule is COCc1nc(/C=C/c2ccccc2OCC(O)CN2CCC(=C3c4ccccc4CCc4ccccc43)CC2)cs1. The summed E-state index contributed by atoms with van der Waals surface area (Å²) in [6.07, 6.45) is 7.63. The standard InChI is InChI=1S/C36H38N2O3S/c1-40-24-35-37-30(25-42-35)17-16-28-10-4-7-13-34(28)41-23-31(39)22-38-20-18-29(19-21-38)36-32-11-5-2-8-26(32)14-15-27-9-3-6-12-33(27)36/h2-13,16-17,25,31,39H,14-15,18-24H2,1H3/b17-16+. The Hall–Kier alpha value is -3.55. The van der Waals surface area contributed by atoms with Gasteiger partial charge in [0.15, 0.2) is 0 Å². The first-order chi connectivity index (χ1) is 20.7. The summed E-state index contributed by atoms with van der Waals surface area (Å²) in [7, 11) is 1.68. The molecule has 1 unspecified atom stereocenters. The number of benzene rings is 3. The molecule has 5 nitrogen and oxygen atoms in total. The zero-order chi connectivity index (χ0) is 28.7. The van der Waals surface area contributed by atoms with Crippen molar-refractivity contribution in [1.29, 1.82) is 0 Å². The summed E-state index contributed by atoms with van der Waals surface area (Å²) in [5, 5.41) is 13.9. The van der Waals surface area contributed by atoms with Crippen LogP contribution in [-0.2, 0) is 24.2 Å². The maximum atomic E-state index is 10.9. The van der Waals surface area contributed by atoms with Gasteiger partial charge in [-0.3, -0.25) is 4.90 Å². The normalized spacial score (nSPS) is 16.2. The monoisotopic (exact) mass is 578 g/mol. The number of aliphatic hydroxyl groups is 1. The quantitative estimate of drug-likeness (QED) is 0.234. The van der Waals surface area contributed by atoms with Gasteiger partial charge in [0.05, 0.1) is 12.3 Å². The van der Waals surface area contributed by atoms with Crippen LogP contribution < -0.4 is 4.74 Å². The number of aliphatic hydroxyl groups excluding tert-OH is 1. The molecule has 1 N–H and O–H groups in total. The van der Waals surface area contributed by atoms with Crippen LogP contribution in [0.1, 0.15) is 51.4 Å². The summed E-state index contributed by atoms with van der Waals surface area (Å²) in [5.74, 6) is 0.761. The molecule has 1 aliphatic carbocycles. The van der Waals surface area contributed by atoms with Crippen LogP contribution in [0.5, 0.6) is 5.75 Å². The van der Waals surface area contributed by atoms with E-state index in [0.29, 0.717) is 13.2 Å². The van der Waals surface area contributed by atoms with E-state index in [9.17, 15) is 5.11 Å². The van der Waals surface area contributed by atoms with Gasteiger partial charge in [0.2, 0.25) is 0 Å². The van der Waals surface area contributed by atoms with Gasteiger partial charge in [-0.05, 0) is 71.7 Å². The highest BCUT2D eigenvalue weighted by Gasteiger charge is 2.24. The molecule has 1 aliphatic heterocycles. The molecule has 216 valence electrons. The van der Waals surface area contributed by atoms with Crippen LogP contribution in [0.2, 0.25) is 0 Å². The first kappa shape index (κ1) is 28.6. The van der Waals surface area contributed by atoms with E-state index in [0.717, 1.165) is 60.8 Å². The predicted molar refractivity (Wildman–Crippen MR) is 172 cm³/mol. The van der Waals surface area contributed by atoms with Crippen molar-refractivity contribution in [3.8, 4) is 5.75 Å². The van der Waals surface area contributed by atoms with Crippen molar-refractivity contribution in [1.82, 2.24) is 9.88 Å². The Labute approximate surface area is 252 Å². The third kappa shape index (κ3) is 6.74. The summed E-state index contributed by atoms with van der Waals surface area (Å²) < 4.78 is 11.3. The van der Waals surface area contributed by atoms with E-state index in [1.807, 2.05) is 41.8 Å². The van der Waals surface area contributed by atoms with Crippen LogP contribution in [-0.4, -0.2) is 54.4 Å². The maximum Gasteiger partial charge on any atom is 0.126 e. The third-order valence-corrected chi connectivity index (χ3v) is 8.98. The molecule has 0 spiro atoms. The van der Waals surface area contributed by atoms with Gasteiger partial charge in [-0.2, -0.15) is 0 Å². The zero-order valence-corrected chi connectivity index (χ0v) is 25.0. The second-order valence-electron chi connectivity index (χ2n) is 11.0. The molecule has 4 aromatic rings. The zero-order valence-electron chi connectivity index (χ0n) is 24.2. The van der Waals surface area contributed by atoms with Crippen molar-refractivity contribution < 1.29 is 14.6 Å². The third-order valence-electron chi connectivity index (χ3n) is 8.14. The van der Waals surface area contributed by atoms with E-state index in [2.05, 4.69) is 58.4 Å². The number of ether oxygens (including phenoxy) is 2. The molecule has 0 amide bonds. The number of aromatic nitrogens is 1. The number of fused-ring (bicyclic) bond motifs is 2. The maximum absolute atomic E-state index is 10.9. The lowest BCUT2D eigenvalue weighted by atomic mass is 9.86. The number of methoxy groups -OCH3 is 1. The van der Waals surface area contributed by atoms with Crippen LogP contribution in [0.25, 0.3) is 17.7 Å². The van der Waals surface area contributed by atoms with Crippen LogP contribution in [0, 0.1) is 0 Å². The fraction of sp³-hybridized carbons (Fsp3) is 0.306. The highest BCUT2D eigenvalue weighted by Crippen LogP contribution is 2.38. The molecule has 1 aromatic heterocycles. The summed E-state index contributed by atoms with van der Waals surface area (Å²) in [6.45, 7) is 3.27. The van der Waals surface area contributed by atoms with Crippen LogP contribution in [0.4, 0.5) is 0 Å². The van der Waals surface area contributed by atoms with Gasteiger partial charge >= 0.3 is 0 Å². The number of likely N-dealkylation sites (tertiary alicyclic amines) is 1. The Bertz CT molecular complexity index is 1510. The Morgan fingerprint density at radius 2 is 1.55 bits per heavy atom. The molecule has 0 bridgehead atoms. The molecule has 1 fully saturated rings. The van der Waals surface area contributed by atoms with Crippen LogP contribution in [0.15, 0.2) is 83.7 Å². The number of thiazole rings is 1. The Balaban J connectivity index is 1.08. The van der Waals surface area contributed by atoms with Gasteiger partial charge in [-0.15, -0.1) is 11.3 Å². The summed E-state index contributed by atoms with van der Waals surface area (Å²) in [4.78, 5) is 6.94. The van der Waals surface area contributed by atoms with E-state index in [4.69, 9.17) is 9.47 Å². The predicted octanol–water partition coefficient (Wildman–Crippen LogP) is 6.90. The topological polar surface area (TPSA) is 54.8 Å². The minimum Gasteiger partial charge on any atom is -0.490 e. The van der Waals surface area contributed by atoms with Crippen molar-refractivity contribution in [3.05, 3.63) is 122 Å². The van der Waals surface area contributed by atoms with Gasteiger partial charge in [-0.25, -0.2) is 4.98 Å². The molecular formula is C36H38N2O3S. The van der Waals surface area contributed by atoms with E-state index < -0.39 is 6.10 Å². The fourth-order valence-electron chi connectivity index (χ4n) is 6.07. The number of β-amino-alcohol motifs (C(OH)–C–C–N with tert-alkyl or cyclic N) is 1. The van der Waals surface area contributed by atoms with Gasteiger partial charge < -0.3 is 14.6 Å². The molecule has 3 aromatic carbocycles. The average molecular weight is 579 g/mol. The lowest BCUT2D eigenvalue weighted by molar-refractivity contribution is 0.0655. The number of para-hydroxylation sites is 1. The minimum atomic E-state index is -0.564.